The molecule has 1 atom stereocenters. The summed E-state index contributed by atoms with van der Waals surface area (Å²) in [4.78, 5) is 7.85. The first-order valence-corrected chi connectivity index (χ1v) is 7.13. The van der Waals surface area contributed by atoms with Crippen LogP contribution in [0, 0.1) is 6.92 Å². The molecule has 1 saturated heterocycles. The Morgan fingerprint density at radius 2 is 2.07 bits per heavy atom. The minimum atomic E-state index is -0.393. The molecule has 1 aliphatic rings. The Kier molecular flexibility index (Phi) is 3.53. The third kappa shape index (κ3) is 2.46. The highest BCUT2D eigenvalue weighted by Gasteiger charge is 2.18. The lowest BCUT2D eigenvalue weighted by Gasteiger charge is -2.25. The first-order chi connectivity index (χ1) is 7.18. The van der Waals surface area contributed by atoms with Crippen molar-refractivity contribution in [1.29, 1.82) is 0 Å². The molecule has 15 heavy (non-hydrogen) atoms. The van der Waals surface area contributed by atoms with Crippen molar-refractivity contribution in [2.75, 3.05) is 29.5 Å². The van der Waals surface area contributed by atoms with Crippen molar-refractivity contribution in [1.82, 2.24) is 4.98 Å². The Bertz CT molecular complexity index is 332. The van der Waals surface area contributed by atoms with E-state index in [4.69, 9.17) is 0 Å². The molecular formula is C10H16N2OS2. The van der Waals surface area contributed by atoms with Crippen molar-refractivity contribution in [3.05, 3.63) is 10.6 Å². The van der Waals surface area contributed by atoms with Crippen LogP contribution in [-0.4, -0.2) is 34.7 Å². The predicted molar refractivity (Wildman–Crippen MR) is 67.0 cm³/mol. The average Bonchev–Trinajstić information content (AvgIpc) is 2.62. The van der Waals surface area contributed by atoms with Crippen LogP contribution in [0.5, 0.6) is 0 Å². The smallest absolute Gasteiger partial charge is 0.185 e. The molecule has 5 heteroatoms. The molecule has 0 aromatic carbocycles. The molecule has 3 nitrogen and oxygen atoms in total. The number of thioether (sulfide) groups is 1. The summed E-state index contributed by atoms with van der Waals surface area (Å²) in [6, 6.07) is 0. The SMILES string of the molecule is Cc1nc(N2CCSCC2)sc1C(C)O. The number of rotatable bonds is 2. The van der Waals surface area contributed by atoms with Gasteiger partial charge in [-0.25, -0.2) is 4.98 Å². The third-order valence-corrected chi connectivity index (χ3v) is 4.81. The van der Waals surface area contributed by atoms with Crippen LogP contribution in [0.4, 0.5) is 5.13 Å². The van der Waals surface area contributed by atoms with Crippen LogP contribution in [0.3, 0.4) is 0 Å². The summed E-state index contributed by atoms with van der Waals surface area (Å²) in [5.74, 6) is 2.37. The van der Waals surface area contributed by atoms with Gasteiger partial charge in [0.05, 0.1) is 16.7 Å². The molecule has 0 bridgehead atoms. The fourth-order valence-electron chi connectivity index (χ4n) is 1.67. The van der Waals surface area contributed by atoms with Gasteiger partial charge in [-0.1, -0.05) is 11.3 Å². The molecule has 1 fully saturated rings. The second-order valence-corrected chi connectivity index (χ2v) is 5.96. The molecular weight excluding hydrogens is 228 g/mol. The molecule has 2 heterocycles. The second-order valence-electron chi connectivity index (χ2n) is 3.72. The van der Waals surface area contributed by atoms with E-state index in [1.807, 2.05) is 18.7 Å². The van der Waals surface area contributed by atoms with E-state index < -0.39 is 6.10 Å². The molecule has 0 radical (unpaired) electrons. The van der Waals surface area contributed by atoms with Gasteiger partial charge in [0.25, 0.3) is 0 Å². The van der Waals surface area contributed by atoms with E-state index in [2.05, 4.69) is 9.88 Å². The van der Waals surface area contributed by atoms with Crippen LogP contribution < -0.4 is 4.90 Å². The lowest BCUT2D eigenvalue weighted by atomic mass is 10.3. The van der Waals surface area contributed by atoms with Crippen LogP contribution in [0.15, 0.2) is 0 Å². The van der Waals surface area contributed by atoms with Gasteiger partial charge < -0.3 is 10.0 Å². The average molecular weight is 244 g/mol. The van der Waals surface area contributed by atoms with Crippen molar-refractivity contribution in [3.8, 4) is 0 Å². The minimum absolute atomic E-state index is 0.393. The zero-order valence-electron chi connectivity index (χ0n) is 9.06. The summed E-state index contributed by atoms with van der Waals surface area (Å²) < 4.78 is 0. The molecule has 2 rings (SSSR count). The molecule has 0 aliphatic carbocycles. The zero-order valence-corrected chi connectivity index (χ0v) is 10.7. The molecule has 0 amide bonds. The fraction of sp³-hybridized carbons (Fsp3) is 0.700. The number of hydrogen-bond acceptors (Lipinski definition) is 5. The van der Waals surface area contributed by atoms with E-state index in [0.717, 1.165) is 28.8 Å². The maximum absolute atomic E-state index is 9.56. The highest BCUT2D eigenvalue weighted by Crippen LogP contribution is 2.31. The molecule has 1 unspecified atom stereocenters. The van der Waals surface area contributed by atoms with Crippen molar-refractivity contribution >= 4 is 28.2 Å². The summed E-state index contributed by atoms with van der Waals surface area (Å²) in [5, 5.41) is 10.6. The maximum Gasteiger partial charge on any atom is 0.185 e. The lowest BCUT2D eigenvalue weighted by molar-refractivity contribution is 0.202. The maximum atomic E-state index is 9.56. The third-order valence-electron chi connectivity index (χ3n) is 2.48. The van der Waals surface area contributed by atoms with Gasteiger partial charge in [-0.15, -0.1) is 0 Å². The Morgan fingerprint density at radius 3 is 2.60 bits per heavy atom. The van der Waals surface area contributed by atoms with Gasteiger partial charge in [0.15, 0.2) is 5.13 Å². The summed E-state index contributed by atoms with van der Waals surface area (Å²) in [6.45, 7) is 5.94. The molecule has 1 aliphatic heterocycles. The molecule has 1 aromatic heterocycles. The van der Waals surface area contributed by atoms with Gasteiger partial charge >= 0.3 is 0 Å². The van der Waals surface area contributed by atoms with Crippen LogP contribution in [0.25, 0.3) is 0 Å². The van der Waals surface area contributed by atoms with E-state index in [-0.39, 0.29) is 0 Å². The van der Waals surface area contributed by atoms with Crippen molar-refractivity contribution in [2.45, 2.75) is 20.0 Å². The summed E-state index contributed by atoms with van der Waals surface area (Å²) in [6.07, 6.45) is -0.393. The molecule has 1 N–H and O–H groups in total. The fourth-order valence-corrected chi connectivity index (χ4v) is 3.63. The largest absolute Gasteiger partial charge is 0.388 e. The number of nitrogens with zero attached hydrogens (tertiary/aromatic N) is 2. The number of hydrogen-bond donors (Lipinski definition) is 1. The zero-order chi connectivity index (χ0) is 10.8. The quantitative estimate of drug-likeness (QED) is 0.864. The van der Waals surface area contributed by atoms with E-state index in [1.54, 1.807) is 18.3 Å². The number of aryl methyl sites for hydroxylation is 1. The van der Waals surface area contributed by atoms with Crippen molar-refractivity contribution in [3.63, 3.8) is 0 Å². The highest BCUT2D eigenvalue weighted by molar-refractivity contribution is 7.99. The molecule has 0 spiro atoms. The molecule has 1 aromatic rings. The van der Waals surface area contributed by atoms with Gasteiger partial charge in [0.2, 0.25) is 0 Å². The summed E-state index contributed by atoms with van der Waals surface area (Å²) in [7, 11) is 0. The standard InChI is InChI=1S/C10H16N2OS2/c1-7-9(8(2)13)15-10(11-7)12-3-5-14-6-4-12/h8,13H,3-6H2,1-2H3. The van der Waals surface area contributed by atoms with Crippen LogP contribution in [-0.2, 0) is 0 Å². The molecule has 84 valence electrons. The monoisotopic (exact) mass is 244 g/mol. The predicted octanol–water partition coefficient (Wildman–Crippen LogP) is 2.06. The van der Waals surface area contributed by atoms with E-state index in [0.29, 0.717) is 0 Å². The Balaban J connectivity index is 2.17. The summed E-state index contributed by atoms with van der Waals surface area (Å²) >= 11 is 3.63. The normalized spacial score (nSPS) is 19.3. The minimum Gasteiger partial charge on any atom is -0.388 e. The summed E-state index contributed by atoms with van der Waals surface area (Å²) in [5.41, 5.74) is 0.975. The van der Waals surface area contributed by atoms with E-state index in [1.165, 1.54) is 11.5 Å². The lowest BCUT2D eigenvalue weighted by Crippen LogP contribution is -2.32. The molecule has 0 saturated carbocycles. The van der Waals surface area contributed by atoms with Crippen molar-refractivity contribution < 1.29 is 5.11 Å². The first kappa shape index (κ1) is 11.2. The van der Waals surface area contributed by atoms with Gasteiger partial charge in [0, 0.05) is 24.6 Å². The number of aliphatic hydroxyl groups excluding tert-OH is 1. The van der Waals surface area contributed by atoms with Gasteiger partial charge in [-0.2, -0.15) is 11.8 Å². The van der Waals surface area contributed by atoms with Crippen LogP contribution >= 0.6 is 23.1 Å². The van der Waals surface area contributed by atoms with E-state index in [9.17, 15) is 5.11 Å². The Morgan fingerprint density at radius 1 is 1.40 bits per heavy atom. The Labute approximate surface area is 98.5 Å². The number of aliphatic hydroxyl groups is 1. The van der Waals surface area contributed by atoms with Crippen molar-refractivity contribution in [2.24, 2.45) is 0 Å². The number of anilines is 1. The second kappa shape index (κ2) is 4.72. The van der Waals surface area contributed by atoms with Gasteiger partial charge in [-0.05, 0) is 13.8 Å². The van der Waals surface area contributed by atoms with Crippen LogP contribution in [0.2, 0.25) is 0 Å². The number of thiazole rings is 1. The van der Waals surface area contributed by atoms with E-state index >= 15 is 0 Å². The highest BCUT2D eigenvalue weighted by atomic mass is 32.2. The Hall–Kier alpha value is -0.260. The topological polar surface area (TPSA) is 36.4 Å². The van der Waals surface area contributed by atoms with Gasteiger partial charge in [-0.3, -0.25) is 0 Å². The first-order valence-electron chi connectivity index (χ1n) is 5.16. The number of aromatic nitrogens is 1. The van der Waals surface area contributed by atoms with Crippen LogP contribution in [0.1, 0.15) is 23.6 Å². The van der Waals surface area contributed by atoms with Gasteiger partial charge in [0.1, 0.15) is 0 Å².